The number of aromatic nitrogens is 2. The number of methoxy groups -OCH3 is 1. The van der Waals surface area contributed by atoms with E-state index in [1.165, 1.54) is 11.3 Å². The summed E-state index contributed by atoms with van der Waals surface area (Å²) in [5.74, 6) is 1.67. The average molecular weight is 273 g/mol. The summed E-state index contributed by atoms with van der Waals surface area (Å²) in [6.07, 6.45) is 0. The minimum atomic E-state index is 0.461. The maximum atomic E-state index is 5.69. The molecule has 1 aromatic carbocycles. The third-order valence-electron chi connectivity index (χ3n) is 2.61. The summed E-state index contributed by atoms with van der Waals surface area (Å²) in [5.41, 5.74) is 6.48. The fourth-order valence-corrected chi connectivity index (χ4v) is 2.43. The van der Waals surface area contributed by atoms with Gasteiger partial charge in [-0.2, -0.15) is 4.98 Å². The van der Waals surface area contributed by atoms with E-state index >= 15 is 0 Å². The van der Waals surface area contributed by atoms with Gasteiger partial charge >= 0.3 is 0 Å². The zero-order chi connectivity index (χ0) is 13.2. The van der Waals surface area contributed by atoms with E-state index in [0.717, 1.165) is 10.4 Å². The second-order valence-corrected chi connectivity index (χ2v) is 4.94. The molecule has 5 nitrogen and oxygen atoms in total. The summed E-state index contributed by atoms with van der Waals surface area (Å²) in [6, 6.07) is 11.2. The van der Waals surface area contributed by atoms with E-state index in [-0.39, 0.29) is 0 Å². The molecule has 2 N–H and O–H groups in total. The molecule has 0 radical (unpaired) electrons. The highest BCUT2D eigenvalue weighted by Crippen LogP contribution is 2.32. The molecule has 0 saturated heterocycles. The van der Waals surface area contributed by atoms with Gasteiger partial charge in [-0.3, -0.25) is 0 Å². The van der Waals surface area contributed by atoms with Crippen LogP contribution in [0.15, 0.2) is 40.9 Å². The van der Waals surface area contributed by atoms with Crippen LogP contribution in [0.1, 0.15) is 0 Å². The predicted octanol–water partition coefficient (Wildman–Crippen LogP) is 3.06. The molecular formula is C13H11N3O2S. The molecule has 0 unspecified atom stereocenters. The van der Waals surface area contributed by atoms with Gasteiger partial charge in [-0.05, 0) is 24.3 Å². The third-order valence-corrected chi connectivity index (χ3v) is 3.51. The van der Waals surface area contributed by atoms with Crippen LogP contribution in [0.5, 0.6) is 5.75 Å². The summed E-state index contributed by atoms with van der Waals surface area (Å²) >= 11 is 1.41. The standard InChI is InChI=1S/C13H11N3O2S/c1-17-9-5-3-2-4-8(9)12-15-13(18-16-12)10-6-7-11(14)19-10/h2-7H,14H2,1H3. The fraction of sp³-hybridized carbons (Fsp3) is 0.0769. The molecule has 3 aromatic rings. The van der Waals surface area contributed by atoms with Gasteiger partial charge in [0, 0.05) is 0 Å². The zero-order valence-corrected chi connectivity index (χ0v) is 11.0. The van der Waals surface area contributed by atoms with Crippen LogP contribution in [0.25, 0.3) is 22.2 Å². The molecule has 3 rings (SSSR count). The first kappa shape index (κ1) is 11.7. The van der Waals surface area contributed by atoms with Gasteiger partial charge in [-0.1, -0.05) is 17.3 Å². The highest BCUT2D eigenvalue weighted by atomic mass is 32.1. The Hall–Kier alpha value is -2.34. The van der Waals surface area contributed by atoms with Crippen LogP contribution in [0.4, 0.5) is 5.00 Å². The Morgan fingerprint density at radius 2 is 2.05 bits per heavy atom. The number of nitrogens with zero attached hydrogens (tertiary/aromatic N) is 2. The minimum Gasteiger partial charge on any atom is -0.496 e. The van der Waals surface area contributed by atoms with Crippen LogP contribution >= 0.6 is 11.3 Å². The van der Waals surface area contributed by atoms with Crippen LogP contribution in [0.2, 0.25) is 0 Å². The second kappa shape index (κ2) is 4.74. The number of ether oxygens (including phenoxy) is 1. The van der Waals surface area contributed by atoms with E-state index in [1.807, 2.05) is 36.4 Å². The lowest BCUT2D eigenvalue weighted by atomic mass is 10.2. The smallest absolute Gasteiger partial charge is 0.268 e. The Balaban J connectivity index is 2.01. The first-order valence-corrected chi connectivity index (χ1v) is 6.42. The summed E-state index contributed by atoms with van der Waals surface area (Å²) in [7, 11) is 1.61. The molecule has 2 aromatic heterocycles. The van der Waals surface area contributed by atoms with Gasteiger partial charge in [0.25, 0.3) is 5.89 Å². The summed E-state index contributed by atoms with van der Waals surface area (Å²) in [5, 5.41) is 4.70. The van der Waals surface area contributed by atoms with Gasteiger partial charge in [-0.15, -0.1) is 11.3 Å². The minimum absolute atomic E-state index is 0.461. The monoisotopic (exact) mass is 273 g/mol. The zero-order valence-electron chi connectivity index (χ0n) is 10.2. The highest BCUT2D eigenvalue weighted by molar-refractivity contribution is 7.19. The molecule has 0 aliphatic carbocycles. The van der Waals surface area contributed by atoms with Crippen molar-refractivity contribution < 1.29 is 9.26 Å². The first-order valence-electron chi connectivity index (χ1n) is 5.60. The first-order chi connectivity index (χ1) is 9.28. The third kappa shape index (κ3) is 2.17. The normalized spacial score (nSPS) is 10.6. The molecule has 0 fully saturated rings. The van der Waals surface area contributed by atoms with Crippen LogP contribution in [-0.2, 0) is 0 Å². The summed E-state index contributed by atoms with van der Waals surface area (Å²) < 4.78 is 10.5. The highest BCUT2D eigenvalue weighted by Gasteiger charge is 2.14. The van der Waals surface area contributed by atoms with E-state index in [9.17, 15) is 0 Å². The Morgan fingerprint density at radius 3 is 2.79 bits per heavy atom. The van der Waals surface area contributed by atoms with Crippen molar-refractivity contribution in [2.45, 2.75) is 0 Å². The van der Waals surface area contributed by atoms with Crippen LogP contribution in [0, 0.1) is 0 Å². The van der Waals surface area contributed by atoms with Crippen molar-refractivity contribution in [2.75, 3.05) is 12.8 Å². The van der Waals surface area contributed by atoms with Crippen molar-refractivity contribution in [1.82, 2.24) is 10.1 Å². The van der Waals surface area contributed by atoms with Crippen LogP contribution in [0.3, 0.4) is 0 Å². The van der Waals surface area contributed by atoms with Crippen molar-refractivity contribution in [3.63, 3.8) is 0 Å². The summed E-state index contributed by atoms with van der Waals surface area (Å²) in [4.78, 5) is 5.22. The molecule has 2 heterocycles. The molecule has 0 bridgehead atoms. The van der Waals surface area contributed by atoms with Crippen LogP contribution < -0.4 is 10.5 Å². The number of thiophene rings is 1. The number of anilines is 1. The van der Waals surface area contributed by atoms with Gasteiger partial charge in [0.1, 0.15) is 5.75 Å². The topological polar surface area (TPSA) is 74.2 Å². The number of rotatable bonds is 3. The van der Waals surface area contributed by atoms with E-state index in [2.05, 4.69) is 10.1 Å². The van der Waals surface area contributed by atoms with E-state index in [0.29, 0.717) is 22.5 Å². The van der Waals surface area contributed by atoms with Crippen molar-refractivity contribution in [3.05, 3.63) is 36.4 Å². The van der Waals surface area contributed by atoms with Gasteiger partial charge in [-0.25, -0.2) is 0 Å². The maximum Gasteiger partial charge on any atom is 0.268 e. The molecule has 0 atom stereocenters. The molecule has 0 spiro atoms. The molecule has 6 heteroatoms. The fourth-order valence-electron chi connectivity index (χ4n) is 1.73. The lowest BCUT2D eigenvalue weighted by molar-refractivity contribution is 0.413. The quantitative estimate of drug-likeness (QED) is 0.793. The number of hydrogen-bond donors (Lipinski definition) is 1. The number of hydrogen-bond acceptors (Lipinski definition) is 6. The van der Waals surface area contributed by atoms with E-state index < -0.39 is 0 Å². The molecule has 96 valence electrons. The Bertz CT molecular complexity index is 705. The average Bonchev–Trinajstić information content (AvgIpc) is 3.07. The molecule has 19 heavy (non-hydrogen) atoms. The van der Waals surface area contributed by atoms with Crippen molar-refractivity contribution in [1.29, 1.82) is 0 Å². The lowest BCUT2D eigenvalue weighted by Crippen LogP contribution is -1.88. The maximum absolute atomic E-state index is 5.69. The van der Waals surface area contributed by atoms with Crippen LogP contribution in [-0.4, -0.2) is 17.3 Å². The predicted molar refractivity (Wildman–Crippen MR) is 74.0 cm³/mol. The van der Waals surface area contributed by atoms with Crippen molar-refractivity contribution in [3.8, 4) is 27.9 Å². The Labute approximate surface area is 113 Å². The number of nitrogen functional groups attached to an aromatic ring is 1. The lowest BCUT2D eigenvalue weighted by Gasteiger charge is -2.02. The van der Waals surface area contributed by atoms with Crippen molar-refractivity contribution in [2.24, 2.45) is 0 Å². The second-order valence-electron chi connectivity index (χ2n) is 3.83. The number of benzene rings is 1. The van der Waals surface area contributed by atoms with E-state index in [4.69, 9.17) is 15.0 Å². The Morgan fingerprint density at radius 1 is 1.21 bits per heavy atom. The number of nitrogens with two attached hydrogens (primary N) is 1. The molecule has 0 saturated carbocycles. The van der Waals surface area contributed by atoms with E-state index in [1.54, 1.807) is 7.11 Å². The van der Waals surface area contributed by atoms with Gasteiger partial charge in [0.2, 0.25) is 5.82 Å². The molecule has 0 aliphatic rings. The number of para-hydroxylation sites is 1. The van der Waals surface area contributed by atoms with Crippen molar-refractivity contribution >= 4 is 16.3 Å². The van der Waals surface area contributed by atoms with Gasteiger partial charge < -0.3 is 15.0 Å². The SMILES string of the molecule is COc1ccccc1-c1noc(-c2ccc(N)s2)n1. The summed E-state index contributed by atoms with van der Waals surface area (Å²) in [6.45, 7) is 0. The van der Waals surface area contributed by atoms with Gasteiger partial charge in [0.05, 0.1) is 22.6 Å². The molecule has 0 amide bonds. The molecular weight excluding hydrogens is 262 g/mol. The largest absolute Gasteiger partial charge is 0.496 e. The van der Waals surface area contributed by atoms with Gasteiger partial charge in [0.15, 0.2) is 0 Å². The Kier molecular flexibility index (Phi) is 2.92. The molecule has 0 aliphatic heterocycles.